The Morgan fingerprint density at radius 2 is 1.53 bits per heavy atom. The van der Waals surface area contributed by atoms with E-state index in [-0.39, 0.29) is 12.2 Å². The van der Waals surface area contributed by atoms with E-state index in [1.54, 1.807) is 0 Å². The van der Waals surface area contributed by atoms with E-state index in [0.717, 1.165) is 12.5 Å². The van der Waals surface area contributed by atoms with Crippen molar-refractivity contribution in [3.8, 4) is 0 Å². The molecule has 0 aliphatic carbocycles. The predicted octanol–water partition coefficient (Wildman–Crippen LogP) is 2.53. The first-order valence-electron chi connectivity index (χ1n) is 7.11. The second kappa shape index (κ2) is 7.80. The van der Waals surface area contributed by atoms with Crippen LogP contribution in [0.5, 0.6) is 0 Å². The van der Waals surface area contributed by atoms with Crippen molar-refractivity contribution in [1.29, 1.82) is 0 Å². The van der Waals surface area contributed by atoms with Crippen molar-refractivity contribution in [3.63, 3.8) is 0 Å². The van der Waals surface area contributed by atoms with Crippen molar-refractivity contribution in [2.45, 2.75) is 52.4 Å². The fourth-order valence-electron chi connectivity index (χ4n) is 2.21. The third-order valence-electron chi connectivity index (χ3n) is 2.78. The lowest BCUT2D eigenvalue weighted by Gasteiger charge is -2.34. The topological polar surface area (TPSA) is 44.5 Å². The fraction of sp³-hybridized carbons (Fsp3) is 0.600. The van der Waals surface area contributed by atoms with E-state index in [1.807, 2.05) is 18.2 Å². The first-order valence-corrected chi connectivity index (χ1v) is 9.14. The van der Waals surface area contributed by atoms with Gasteiger partial charge in [0, 0.05) is 12.2 Å². The zero-order valence-electron chi connectivity index (χ0n) is 12.6. The van der Waals surface area contributed by atoms with Gasteiger partial charge in [0.2, 0.25) is 0 Å². The third kappa shape index (κ3) is 5.07. The second-order valence-corrected chi connectivity index (χ2v) is 8.40. The minimum absolute atomic E-state index is 0.156. The van der Waals surface area contributed by atoms with Gasteiger partial charge in [-0.2, -0.15) is 0 Å². The molecule has 1 aromatic rings. The SMILES string of the molecule is CC(C)O[Si](CCCN)(OC(C)C)c1ccccc1. The summed E-state index contributed by atoms with van der Waals surface area (Å²) in [5, 5.41) is 1.20. The molecule has 0 aliphatic heterocycles. The summed E-state index contributed by atoms with van der Waals surface area (Å²) in [5.74, 6) is 0. The number of benzene rings is 1. The Kier molecular flexibility index (Phi) is 6.72. The first-order chi connectivity index (χ1) is 9.00. The first kappa shape index (κ1) is 16.4. The predicted molar refractivity (Wildman–Crippen MR) is 82.8 cm³/mol. The molecule has 0 fully saturated rings. The summed E-state index contributed by atoms with van der Waals surface area (Å²) in [6.07, 6.45) is 1.24. The van der Waals surface area contributed by atoms with E-state index in [9.17, 15) is 0 Å². The maximum atomic E-state index is 6.30. The van der Waals surface area contributed by atoms with E-state index in [4.69, 9.17) is 14.6 Å². The van der Waals surface area contributed by atoms with Gasteiger partial charge in [-0.05, 0) is 51.9 Å². The Hall–Kier alpha value is -0.683. The van der Waals surface area contributed by atoms with Crippen molar-refractivity contribution in [1.82, 2.24) is 0 Å². The van der Waals surface area contributed by atoms with Crippen LogP contribution in [0.2, 0.25) is 6.04 Å². The molecule has 19 heavy (non-hydrogen) atoms. The highest BCUT2D eigenvalue weighted by molar-refractivity contribution is 6.81. The molecule has 0 amide bonds. The fourth-order valence-corrected chi connectivity index (χ4v) is 5.96. The maximum absolute atomic E-state index is 6.30. The zero-order chi connectivity index (χ0) is 14.3. The molecule has 0 saturated heterocycles. The van der Waals surface area contributed by atoms with Crippen molar-refractivity contribution in [2.24, 2.45) is 5.73 Å². The minimum Gasteiger partial charge on any atom is -0.388 e. The molecule has 0 saturated carbocycles. The van der Waals surface area contributed by atoms with Crippen LogP contribution in [0, 0.1) is 0 Å². The van der Waals surface area contributed by atoms with Gasteiger partial charge >= 0.3 is 8.56 Å². The molecule has 0 heterocycles. The lowest BCUT2D eigenvalue weighted by Crippen LogP contribution is -2.56. The van der Waals surface area contributed by atoms with Gasteiger partial charge in [0.1, 0.15) is 0 Å². The van der Waals surface area contributed by atoms with Crippen molar-refractivity contribution >= 4 is 13.7 Å². The molecule has 0 unspecified atom stereocenters. The van der Waals surface area contributed by atoms with Crippen LogP contribution in [0.4, 0.5) is 0 Å². The van der Waals surface area contributed by atoms with Crippen LogP contribution in [0.15, 0.2) is 30.3 Å². The lowest BCUT2D eigenvalue weighted by atomic mass is 10.4. The van der Waals surface area contributed by atoms with Crippen molar-refractivity contribution < 1.29 is 8.85 Å². The van der Waals surface area contributed by atoms with Gasteiger partial charge in [0.05, 0.1) is 0 Å². The van der Waals surface area contributed by atoms with E-state index in [0.29, 0.717) is 6.54 Å². The Morgan fingerprint density at radius 3 is 1.95 bits per heavy atom. The Labute approximate surface area is 118 Å². The highest BCUT2D eigenvalue weighted by Crippen LogP contribution is 2.20. The van der Waals surface area contributed by atoms with Gasteiger partial charge in [-0.25, -0.2) is 0 Å². The second-order valence-electron chi connectivity index (χ2n) is 5.34. The standard InChI is InChI=1S/C15H27NO2Si/c1-13(2)17-19(12-8-11-16,18-14(3)4)15-9-6-5-7-10-15/h5-7,9-10,13-14H,8,11-12,16H2,1-4H3. The highest BCUT2D eigenvalue weighted by atomic mass is 28.4. The summed E-state index contributed by atoms with van der Waals surface area (Å²) in [6, 6.07) is 11.3. The number of nitrogens with two attached hydrogens (primary N) is 1. The molecule has 4 heteroatoms. The molecular weight excluding hydrogens is 254 g/mol. The Morgan fingerprint density at radius 1 is 1.00 bits per heavy atom. The lowest BCUT2D eigenvalue weighted by molar-refractivity contribution is 0.114. The number of rotatable bonds is 8. The molecule has 108 valence electrons. The molecule has 0 aliphatic rings. The normalized spacial score (nSPS) is 12.4. The third-order valence-corrected chi connectivity index (χ3v) is 6.70. The Bertz CT molecular complexity index is 344. The van der Waals surface area contributed by atoms with Gasteiger partial charge in [0.25, 0.3) is 0 Å². The molecular formula is C15H27NO2Si. The molecule has 0 radical (unpaired) electrons. The van der Waals surface area contributed by atoms with Gasteiger partial charge in [-0.3, -0.25) is 0 Å². The van der Waals surface area contributed by atoms with Crippen LogP contribution in [0.3, 0.4) is 0 Å². The number of hydrogen-bond acceptors (Lipinski definition) is 3. The van der Waals surface area contributed by atoms with E-state index in [1.165, 1.54) is 5.19 Å². The van der Waals surface area contributed by atoms with E-state index in [2.05, 4.69) is 39.8 Å². The zero-order valence-corrected chi connectivity index (χ0v) is 13.6. The molecule has 1 aromatic carbocycles. The average molecular weight is 281 g/mol. The molecule has 3 nitrogen and oxygen atoms in total. The largest absolute Gasteiger partial charge is 0.388 e. The molecule has 0 bridgehead atoms. The quantitative estimate of drug-likeness (QED) is 0.745. The minimum atomic E-state index is -2.40. The molecule has 2 N–H and O–H groups in total. The summed E-state index contributed by atoms with van der Waals surface area (Å²) in [6.45, 7) is 8.94. The molecule has 0 atom stereocenters. The summed E-state index contributed by atoms with van der Waals surface area (Å²) in [5.41, 5.74) is 5.69. The summed E-state index contributed by atoms with van der Waals surface area (Å²) in [4.78, 5) is 0. The maximum Gasteiger partial charge on any atom is 0.373 e. The van der Waals surface area contributed by atoms with Crippen LogP contribution < -0.4 is 10.9 Å². The molecule has 1 rings (SSSR count). The average Bonchev–Trinajstić information content (AvgIpc) is 2.35. The summed E-state index contributed by atoms with van der Waals surface area (Å²) >= 11 is 0. The van der Waals surface area contributed by atoms with Crippen LogP contribution in [-0.4, -0.2) is 27.3 Å². The Balaban J connectivity index is 3.09. The van der Waals surface area contributed by atoms with Crippen LogP contribution in [-0.2, 0) is 8.85 Å². The number of hydrogen-bond donors (Lipinski definition) is 1. The van der Waals surface area contributed by atoms with Crippen LogP contribution in [0.25, 0.3) is 0 Å². The van der Waals surface area contributed by atoms with Gasteiger partial charge in [-0.15, -0.1) is 0 Å². The monoisotopic (exact) mass is 281 g/mol. The van der Waals surface area contributed by atoms with Crippen LogP contribution >= 0.6 is 0 Å². The van der Waals surface area contributed by atoms with Gasteiger partial charge < -0.3 is 14.6 Å². The van der Waals surface area contributed by atoms with E-state index >= 15 is 0 Å². The van der Waals surface area contributed by atoms with Gasteiger partial charge in [-0.1, -0.05) is 30.3 Å². The van der Waals surface area contributed by atoms with E-state index < -0.39 is 8.56 Å². The summed E-state index contributed by atoms with van der Waals surface area (Å²) < 4.78 is 12.6. The smallest absolute Gasteiger partial charge is 0.373 e. The van der Waals surface area contributed by atoms with Crippen molar-refractivity contribution in [3.05, 3.63) is 30.3 Å². The van der Waals surface area contributed by atoms with Gasteiger partial charge in [0.15, 0.2) is 0 Å². The molecule has 0 aromatic heterocycles. The highest BCUT2D eigenvalue weighted by Gasteiger charge is 2.41. The molecule has 0 spiro atoms. The summed E-state index contributed by atoms with van der Waals surface area (Å²) in [7, 11) is -2.40. The van der Waals surface area contributed by atoms with Crippen LogP contribution in [0.1, 0.15) is 34.1 Å². The van der Waals surface area contributed by atoms with Crippen molar-refractivity contribution in [2.75, 3.05) is 6.54 Å².